The first-order valence-corrected chi connectivity index (χ1v) is 13.6. The number of hydrogen-bond acceptors (Lipinski definition) is 5. The Bertz CT molecular complexity index is 1800. The van der Waals surface area contributed by atoms with Crippen LogP contribution in [0.25, 0.3) is 16.8 Å². The van der Waals surface area contributed by atoms with Gasteiger partial charge in [-0.15, -0.1) is 5.10 Å². The molecule has 0 aliphatic carbocycles. The maximum Gasteiger partial charge on any atom is 0.418 e. The summed E-state index contributed by atoms with van der Waals surface area (Å²) < 4.78 is 41.6. The summed E-state index contributed by atoms with van der Waals surface area (Å²) in [6.07, 6.45) is -4.06. The van der Waals surface area contributed by atoms with Crippen molar-refractivity contribution in [3.63, 3.8) is 0 Å². The third kappa shape index (κ3) is 6.48. The van der Waals surface area contributed by atoms with Crippen molar-refractivity contribution in [1.29, 1.82) is 0 Å². The van der Waals surface area contributed by atoms with Crippen molar-refractivity contribution in [3.8, 4) is 11.1 Å². The molecule has 0 fully saturated rings. The van der Waals surface area contributed by atoms with Crippen LogP contribution in [0.5, 0.6) is 0 Å². The van der Waals surface area contributed by atoms with Crippen molar-refractivity contribution < 1.29 is 27.9 Å². The molecule has 1 unspecified atom stereocenters. The Morgan fingerprint density at radius 2 is 1.50 bits per heavy atom. The lowest BCUT2D eigenvalue weighted by Crippen LogP contribution is -2.50. The fourth-order valence-corrected chi connectivity index (χ4v) is 4.86. The van der Waals surface area contributed by atoms with Gasteiger partial charge in [0.25, 0.3) is 5.91 Å². The van der Waals surface area contributed by atoms with E-state index < -0.39 is 35.3 Å². The first kappa shape index (κ1) is 30.1. The highest BCUT2D eigenvalue weighted by Crippen LogP contribution is 2.36. The summed E-state index contributed by atoms with van der Waals surface area (Å²) in [5.74, 6) is -0.493. The van der Waals surface area contributed by atoms with Crippen LogP contribution in [-0.4, -0.2) is 42.1 Å². The lowest BCUT2D eigenvalue weighted by Gasteiger charge is -2.39. The summed E-state index contributed by atoms with van der Waals surface area (Å²) in [6.45, 7) is 5.18. The van der Waals surface area contributed by atoms with E-state index >= 15 is 0 Å². The summed E-state index contributed by atoms with van der Waals surface area (Å²) in [5, 5.41) is 19.8. The van der Waals surface area contributed by atoms with Gasteiger partial charge in [0.1, 0.15) is 6.04 Å². The number of nitrogens with zero attached hydrogens (tertiary/aromatic N) is 4. The number of anilines is 3. The van der Waals surface area contributed by atoms with E-state index in [1.165, 1.54) is 22.7 Å². The molecule has 5 aromatic rings. The highest BCUT2D eigenvalue weighted by molar-refractivity contribution is 5.97. The van der Waals surface area contributed by atoms with Gasteiger partial charge in [0.2, 0.25) is 5.95 Å². The zero-order valence-electron chi connectivity index (χ0n) is 24.0. The van der Waals surface area contributed by atoms with E-state index in [9.17, 15) is 27.9 Å². The van der Waals surface area contributed by atoms with E-state index in [1.54, 1.807) is 93.7 Å². The normalized spacial score (nSPS) is 12.5. The molecule has 0 radical (unpaired) electrons. The van der Waals surface area contributed by atoms with Gasteiger partial charge in [-0.1, -0.05) is 54.6 Å². The fraction of sp³-hybridized carbons (Fsp3) is 0.188. The van der Waals surface area contributed by atoms with Crippen molar-refractivity contribution in [3.05, 3.63) is 108 Å². The van der Waals surface area contributed by atoms with Gasteiger partial charge in [-0.05, 0) is 68.3 Å². The molecular weight excluding hydrogens is 573 g/mol. The second kappa shape index (κ2) is 11.7. The van der Waals surface area contributed by atoms with E-state index in [0.29, 0.717) is 16.9 Å². The number of carboxylic acid groups (broad SMARTS) is 1. The van der Waals surface area contributed by atoms with Crippen LogP contribution in [0, 0.1) is 0 Å². The summed E-state index contributed by atoms with van der Waals surface area (Å²) >= 11 is 0. The molecule has 0 saturated carbocycles. The zero-order valence-corrected chi connectivity index (χ0v) is 24.0. The smallest absolute Gasteiger partial charge is 0.418 e. The third-order valence-electron chi connectivity index (χ3n) is 6.85. The molecule has 9 nitrogen and oxygen atoms in total. The molecule has 2 aromatic heterocycles. The number of carbonyl (C=O) groups excluding carboxylic acids is 1. The van der Waals surface area contributed by atoms with Gasteiger partial charge in [-0.25, -0.2) is 9.31 Å². The Balaban J connectivity index is 1.36. The molecule has 2 heterocycles. The number of aromatic nitrogens is 3. The molecule has 5 rings (SSSR count). The van der Waals surface area contributed by atoms with Gasteiger partial charge in [-0.2, -0.15) is 18.2 Å². The number of para-hydroxylation sites is 1. The van der Waals surface area contributed by atoms with E-state index in [4.69, 9.17) is 0 Å². The Hall–Kier alpha value is -5.39. The van der Waals surface area contributed by atoms with Gasteiger partial charge in [-0.3, -0.25) is 9.69 Å². The van der Waals surface area contributed by atoms with E-state index in [-0.39, 0.29) is 11.6 Å². The molecule has 1 atom stereocenters. The number of rotatable bonds is 7. The predicted octanol–water partition coefficient (Wildman–Crippen LogP) is 7.62. The van der Waals surface area contributed by atoms with Crippen LogP contribution in [0.1, 0.15) is 37.9 Å². The lowest BCUT2D eigenvalue weighted by molar-refractivity contribution is -0.137. The predicted molar refractivity (Wildman–Crippen MR) is 161 cm³/mol. The van der Waals surface area contributed by atoms with Gasteiger partial charge >= 0.3 is 12.3 Å². The van der Waals surface area contributed by atoms with Crippen molar-refractivity contribution in [2.75, 3.05) is 10.6 Å². The molecule has 0 aliphatic heterocycles. The number of pyridine rings is 1. The summed E-state index contributed by atoms with van der Waals surface area (Å²) in [5.41, 5.74) is 1.12. The van der Waals surface area contributed by atoms with Crippen LogP contribution in [0.15, 0.2) is 97.2 Å². The number of carbonyl (C=O) groups is 2. The standard InChI is InChI=1S/C32H29F3N6O3/c1-31(2,3)41(30(43)44)27(21-9-5-4-6-10-21)28(42)36-23-16-13-20(14-17-23)22-15-18-26-38-29(39-40(26)19-22)37-25-12-8-7-11-24(25)32(33,34)35/h4-19,27H,1-3H3,(H,36,42)(H,37,39)(H,43,44). The lowest BCUT2D eigenvalue weighted by atomic mass is 9.97. The molecule has 2 amide bonds. The first-order chi connectivity index (χ1) is 20.8. The van der Waals surface area contributed by atoms with Gasteiger partial charge in [0, 0.05) is 23.0 Å². The summed E-state index contributed by atoms with van der Waals surface area (Å²) in [7, 11) is 0. The molecule has 0 spiro atoms. The minimum Gasteiger partial charge on any atom is -0.465 e. The average Bonchev–Trinajstić information content (AvgIpc) is 3.37. The monoisotopic (exact) mass is 602 g/mol. The number of nitrogens with one attached hydrogen (secondary N) is 2. The summed E-state index contributed by atoms with van der Waals surface area (Å²) in [6, 6.07) is 23.2. The second-order valence-corrected chi connectivity index (χ2v) is 11.0. The SMILES string of the molecule is CC(C)(C)N(C(=O)O)C(C(=O)Nc1ccc(-c2ccc3nc(Nc4ccccc4C(F)(F)F)nn3c2)cc1)c1ccccc1. The van der Waals surface area contributed by atoms with Gasteiger partial charge in [0.05, 0.1) is 11.3 Å². The molecule has 3 aromatic carbocycles. The third-order valence-corrected chi connectivity index (χ3v) is 6.85. The van der Waals surface area contributed by atoms with Gasteiger partial charge < -0.3 is 15.7 Å². The molecule has 226 valence electrons. The fourth-order valence-electron chi connectivity index (χ4n) is 4.86. The molecule has 3 N–H and O–H groups in total. The average molecular weight is 603 g/mol. The zero-order chi connectivity index (χ0) is 31.6. The number of alkyl halides is 3. The quantitative estimate of drug-likeness (QED) is 0.177. The van der Waals surface area contributed by atoms with E-state index in [2.05, 4.69) is 20.7 Å². The molecular formula is C32H29F3N6O3. The van der Waals surface area contributed by atoms with Crippen molar-refractivity contribution in [2.24, 2.45) is 0 Å². The highest BCUT2D eigenvalue weighted by Gasteiger charge is 2.38. The Morgan fingerprint density at radius 3 is 2.14 bits per heavy atom. The Labute approximate surface area is 251 Å². The summed E-state index contributed by atoms with van der Waals surface area (Å²) in [4.78, 5) is 31.2. The topological polar surface area (TPSA) is 112 Å². The maximum absolute atomic E-state index is 13.5. The Morgan fingerprint density at radius 1 is 0.864 bits per heavy atom. The number of fused-ring (bicyclic) bond motifs is 1. The van der Waals surface area contributed by atoms with Crippen LogP contribution >= 0.6 is 0 Å². The molecule has 0 bridgehead atoms. The molecule has 12 heteroatoms. The molecule has 0 aliphatic rings. The van der Waals surface area contributed by atoms with Crippen molar-refractivity contribution >= 4 is 35.0 Å². The van der Waals surface area contributed by atoms with Gasteiger partial charge in [0.15, 0.2) is 5.65 Å². The first-order valence-electron chi connectivity index (χ1n) is 13.6. The number of halogens is 3. The molecule has 44 heavy (non-hydrogen) atoms. The van der Waals surface area contributed by atoms with Crippen LogP contribution in [0.2, 0.25) is 0 Å². The second-order valence-electron chi connectivity index (χ2n) is 11.0. The van der Waals surface area contributed by atoms with Crippen molar-refractivity contribution in [2.45, 2.75) is 38.5 Å². The van der Waals surface area contributed by atoms with Crippen LogP contribution in [-0.2, 0) is 11.0 Å². The molecule has 0 saturated heterocycles. The minimum absolute atomic E-state index is 0.00976. The number of benzene rings is 3. The highest BCUT2D eigenvalue weighted by atomic mass is 19.4. The van der Waals surface area contributed by atoms with Crippen LogP contribution < -0.4 is 10.6 Å². The Kier molecular flexibility index (Phi) is 8.01. The maximum atomic E-state index is 13.5. The van der Waals surface area contributed by atoms with Crippen molar-refractivity contribution in [1.82, 2.24) is 19.5 Å². The number of hydrogen-bond donors (Lipinski definition) is 3. The van der Waals surface area contributed by atoms with E-state index in [1.807, 2.05) is 0 Å². The van der Waals surface area contributed by atoms with E-state index in [0.717, 1.165) is 22.1 Å². The largest absolute Gasteiger partial charge is 0.465 e. The number of amides is 2. The van der Waals surface area contributed by atoms with Crippen LogP contribution in [0.3, 0.4) is 0 Å². The van der Waals surface area contributed by atoms with Crippen LogP contribution in [0.4, 0.5) is 35.3 Å². The minimum atomic E-state index is -4.54.